The molecule has 2 N–H and O–H groups in total. The van der Waals surface area contributed by atoms with E-state index >= 15 is 0 Å². The van der Waals surface area contributed by atoms with Crippen molar-refractivity contribution < 1.29 is 9.59 Å². The summed E-state index contributed by atoms with van der Waals surface area (Å²) in [5, 5.41) is 4.68. The molecular weight excluding hydrogens is 302 g/mol. The zero-order valence-electron chi connectivity index (χ0n) is 14.0. The third-order valence-corrected chi connectivity index (χ3v) is 4.25. The van der Waals surface area contributed by atoms with Gasteiger partial charge in [0.2, 0.25) is 11.8 Å². The van der Waals surface area contributed by atoms with Crippen LogP contribution in [-0.4, -0.2) is 11.8 Å². The third-order valence-electron chi connectivity index (χ3n) is 4.25. The Hall–Kier alpha value is -2.82. The summed E-state index contributed by atoms with van der Waals surface area (Å²) in [5.74, 6) is -0.264. The first-order valence-corrected chi connectivity index (χ1v) is 7.99. The molecule has 0 aromatic heterocycles. The molecule has 3 rings (SSSR count). The number of hydrogen-bond donors (Lipinski definition) is 2. The van der Waals surface area contributed by atoms with Gasteiger partial charge in [-0.2, -0.15) is 0 Å². The summed E-state index contributed by atoms with van der Waals surface area (Å²) in [5.41, 5.74) is 6.84. The molecule has 0 spiro atoms. The van der Waals surface area contributed by atoms with Gasteiger partial charge in [0.05, 0.1) is 17.6 Å². The zero-order chi connectivity index (χ0) is 17.3. The Morgan fingerprint density at radius 2 is 1.88 bits per heavy atom. The number of hydrazine groups is 1. The van der Waals surface area contributed by atoms with Gasteiger partial charge in [-0.1, -0.05) is 31.2 Å². The Balaban J connectivity index is 1.93. The molecule has 24 heavy (non-hydrogen) atoms. The lowest BCUT2D eigenvalue weighted by Gasteiger charge is -2.27. The van der Waals surface area contributed by atoms with Crippen molar-refractivity contribution in [1.29, 1.82) is 0 Å². The van der Waals surface area contributed by atoms with E-state index in [1.165, 1.54) is 6.92 Å². The highest BCUT2D eigenvalue weighted by Gasteiger charge is 2.39. The number of nitrogens with one attached hydrogen (secondary N) is 2. The van der Waals surface area contributed by atoms with Crippen LogP contribution >= 0.6 is 0 Å². The van der Waals surface area contributed by atoms with Gasteiger partial charge in [-0.15, -0.1) is 0 Å². The van der Waals surface area contributed by atoms with E-state index in [-0.39, 0.29) is 23.8 Å². The second-order valence-corrected chi connectivity index (χ2v) is 6.22. The van der Waals surface area contributed by atoms with Crippen LogP contribution in [0.3, 0.4) is 0 Å². The van der Waals surface area contributed by atoms with Gasteiger partial charge in [0.25, 0.3) is 0 Å². The van der Waals surface area contributed by atoms with Crippen LogP contribution in [0.1, 0.15) is 31.0 Å². The Kier molecular flexibility index (Phi) is 4.25. The highest BCUT2D eigenvalue weighted by atomic mass is 16.2. The minimum Gasteiger partial charge on any atom is -0.326 e. The maximum atomic E-state index is 12.2. The number of aryl methyl sites for hydroxylation is 1. The van der Waals surface area contributed by atoms with Crippen LogP contribution in [0.4, 0.5) is 11.4 Å². The van der Waals surface area contributed by atoms with Crippen LogP contribution in [0.5, 0.6) is 0 Å². The molecule has 0 bridgehead atoms. The van der Waals surface area contributed by atoms with Crippen molar-refractivity contribution >= 4 is 23.2 Å². The van der Waals surface area contributed by atoms with E-state index in [1.54, 1.807) is 0 Å². The number of hydrogen-bond acceptors (Lipinski definition) is 3. The first-order valence-electron chi connectivity index (χ1n) is 7.99. The van der Waals surface area contributed by atoms with Crippen molar-refractivity contribution in [1.82, 2.24) is 5.43 Å². The van der Waals surface area contributed by atoms with Crippen LogP contribution in [0.15, 0.2) is 48.5 Å². The van der Waals surface area contributed by atoms with Crippen molar-refractivity contribution in [3.8, 4) is 0 Å². The van der Waals surface area contributed by atoms with Gasteiger partial charge in [-0.3, -0.25) is 20.0 Å². The Bertz CT molecular complexity index is 770. The summed E-state index contributed by atoms with van der Waals surface area (Å²) in [6, 6.07) is 15.6. The lowest BCUT2D eigenvalue weighted by Crippen LogP contribution is -2.34. The standard InChI is InChI=1S/C19H21N3O2/c1-12-5-4-6-17(11-12)22-18(13(2)19(24)21-22)15-7-9-16(10-8-15)20-14(3)23/h4-11,13,18H,1-3H3,(H,20,23)(H,21,24). The molecule has 1 fully saturated rings. The average Bonchev–Trinajstić information content (AvgIpc) is 2.83. The number of benzene rings is 2. The van der Waals surface area contributed by atoms with Crippen molar-refractivity contribution in [2.24, 2.45) is 5.92 Å². The minimum atomic E-state index is -0.169. The molecular formula is C19H21N3O2. The normalized spacial score (nSPS) is 20.0. The quantitative estimate of drug-likeness (QED) is 0.912. The van der Waals surface area contributed by atoms with Gasteiger partial charge >= 0.3 is 0 Å². The monoisotopic (exact) mass is 323 g/mol. The van der Waals surface area contributed by atoms with Crippen molar-refractivity contribution in [3.63, 3.8) is 0 Å². The van der Waals surface area contributed by atoms with Gasteiger partial charge in [0, 0.05) is 12.6 Å². The van der Waals surface area contributed by atoms with E-state index in [4.69, 9.17) is 0 Å². The number of carbonyl (C=O) groups is 2. The molecule has 0 radical (unpaired) electrons. The van der Waals surface area contributed by atoms with Gasteiger partial charge in [0.1, 0.15) is 0 Å². The second-order valence-electron chi connectivity index (χ2n) is 6.22. The van der Waals surface area contributed by atoms with E-state index in [0.29, 0.717) is 0 Å². The summed E-state index contributed by atoms with van der Waals surface area (Å²) in [6.07, 6.45) is 0. The van der Waals surface area contributed by atoms with E-state index in [0.717, 1.165) is 22.5 Å². The number of amides is 2. The SMILES string of the molecule is CC(=O)Nc1ccc(C2C(C)C(=O)NN2c2cccc(C)c2)cc1. The summed E-state index contributed by atoms with van der Waals surface area (Å²) < 4.78 is 0. The van der Waals surface area contributed by atoms with E-state index < -0.39 is 0 Å². The molecule has 2 atom stereocenters. The van der Waals surface area contributed by atoms with E-state index in [1.807, 2.05) is 61.3 Å². The molecule has 124 valence electrons. The Morgan fingerprint density at radius 1 is 1.17 bits per heavy atom. The molecule has 1 heterocycles. The topological polar surface area (TPSA) is 61.4 Å². The Morgan fingerprint density at radius 3 is 2.50 bits per heavy atom. The number of rotatable bonds is 3. The van der Waals surface area contributed by atoms with Gasteiger partial charge in [0.15, 0.2) is 0 Å². The molecule has 0 saturated carbocycles. The highest BCUT2D eigenvalue weighted by molar-refractivity contribution is 5.89. The van der Waals surface area contributed by atoms with Crippen LogP contribution in [-0.2, 0) is 9.59 Å². The highest BCUT2D eigenvalue weighted by Crippen LogP contribution is 2.36. The number of carbonyl (C=O) groups excluding carboxylic acids is 2. The molecule has 1 aliphatic rings. The van der Waals surface area contributed by atoms with E-state index in [9.17, 15) is 9.59 Å². The van der Waals surface area contributed by atoms with Crippen LogP contribution in [0.25, 0.3) is 0 Å². The minimum absolute atomic E-state index is 0.00689. The molecule has 0 aliphatic carbocycles. The van der Waals surface area contributed by atoms with Crippen LogP contribution in [0.2, 0.25) is 0 Å². The smallest absolute Gasteiger partial charge is 0.243 e. The zero-order valence-corrected chi connectivity index (χ0v) is 14.0. The molecule has 2 unspecified atom stereocenters. The van der Waals surface area contributed by atoms with Gasteiger partial charge < -0.3 is 5.32 Å². The molecule has 2 aromatic carbocycles. The summed E-state index contributed by atoms with van der Waals surface area (Å²) >= 11 is 0. The lowest BCUT2D eigenvalue weighted by atomic mass is 9.94. The van der Waals surface area contributed by atoms with Crippen molar-refractivity contribution in [2.75, 3.05) is 10.3 Å². The Labute approximate surface area is 141 Å². The molecule has 1 saturated heterocycles. The third kappa shape index (κ3) is 3.11. The lowest BCUT2D eigenvalue weighted by molar-refractivity contribution is -0.122. The average molecular weight is 323 g/mol. The van der Waals surface area contributed by atoms with Crippen LogP contribution < -0.4 is 15.8 Å². The first-order chi connectivity index (χ1) is 11.5. The molecule has 2 amide bonds. The van der Waals surface area contributed by atoms with Gasteiger partial charge in [-0.05, 0) is 42.3 Å². The predicted molar refractivity (Wildman–Crippen MR) is 94.5 cm³/mol. The fourth-order valence-corrected chi connectivity index (χ4v) is 3.06. The first kappa shape index (κ1) is 16.1. The summed E-state index contributed by atoms with van der Waals surface area (Å²) in [7, 11) is 0. The summed E-state index contributed by atoms with van der Waals surface area (Å²) in [6.45, 7) is 5.44. The maximum Gasteiger partial charge on any atom is 0.243 e. The second kappa shape index (κ2) is 6.35. The maximum absolute atomic E-state index is 12.2. The molecule has 1 aliphatic heterocycles. The summed E-state index contributed by atoms with van der Waals surface area (Å²) in [4.78, 5) is 23.4. The molecule has 5 nitrogen and oxygen atoms in total. The molecule has 5 heteroatoms. The van der Waals surface area contributed by atoms with E-state index in [2.05, 4.69) is 16.8 Å². The van der Waals surface area contributed by atoms with Gasteiger partial charge in [-0.25, -0.2) is 0 Å². The predicted octanol–water partition coefficient (Wildman–Crippen LogP) is 3.18. The van der Waals surface area contributed by atoms with Crippen molar-refractivity contribution in [2.45, 2.75) is 26.8 Å². The number of nitrogens with zero attached hydrogens (tertiary/aromatic N) is 1. The van der Waals surface area contributed by atoms with Crippen LogP contribution in [0, 0.1) is 12.8 Å². The molecule has 2 aromatic rings. The fraction of sp³-hybridized carbons (Fsp3) is 0.263. The number of anilines is 2. The largest absolute Gasteiger partial charge is 0.326 e. The fourth-order valence-electron chi connectivity index (χ4n) is 3.06. The van der Waals surface area contributed by atoms with Crippen molar-refractivity contribution in [3.05, 3.63) is 59.7 Å².